The fourth-order valence-electron chi connectivity index (χ4n) is 3.03. The van der Waals surface area contributed by atoms with Crippen molar-refractivity contribution in [3.63, 3.8) is 0 Å². The molecular weight excluding hydrogens is 472 g/mol. The largest absolute Gasteiger partial charge is 0.452 e. The molecule has 0 unspecified atom stereocenters. The molecule has 0 aliphatic heterocycles. The van der Waals surface area contributed by atoms with Gasteiger partial charge in [0, 0.05) is 54.6 Å². The predicted octanol–water partition coefficient (Wildman–Crippen LogP) is 4.52. The van der Waals surface area contributed by atoms with Crippen LogP contribution in [0.4, 0.5) is 10.9 Å². The van der Waals surface area contributed by atoms with E-state index in [0.717, 1.165) is 22.0 Å². The highest BCUT2D eigenvalue weighted by Gasteiger charge is 2.16. The van der Waals surface area contributed by atoms with Gasteiger partial charge in [-0.05, 0) is 30.7 Å². The number of anilines is 2. The molecule has 11 heteroatoms. The Morgan fingerprint density at radius 1 is 1.12 bits per heavy atom. The van der Waals surface area contributed by atoms with Crippen LogP contribution in [-0.4, -0.2) is 49.2 Å². The van der Waals surface area contributed by atoms with Gasteiger partial charge in [0.05, 0.1) is 18.4 Å². The van der Waals surface area contributed by atoms with Crippen molar-refractivity contribution in [3.8, 4) is 11.5 Å². The summed E-state index contributed by atoms with van der Waals surface area (Å²) in [7, 11) is 1.54. The summed E-state index contributed by atoms with van der Waals surface area (Å²) in [5.41, 5.74) is 0.849. The zero-order valence-electron chi connectivity index (χ0n) is 18.7. The van der Waals surface area contributed by atoms with E-state index in [4.69, 9.17) is 9.47 Å². The molecule has 2 N–H and O–H groups in total. The molecule has 1 atom stereocenters. The predicted molar refractivity (Wildman–Crippen MR) is 131 cm³/mol. The molecule has 4 aromatic heterocycles. The van der Waals surface area contributed by atoms with Crippen LogP contribution in [0.3, 0.4) is 0 Å². The van der Waals surface area contributed by atoms with Crippen LogP contribution >= 0.6 is 23.3 Å². The molecule has 0 saturated heterocycles. The quantitative estimate of drug-likeness (QED) is 0.307. The van der Waals surface area contributed by atoms with Gasteiger partial charge >= 0.3 is 0 Å². The normalized spacial score (nSPS) is 11.9. The third-order valence-electron chi connectivity index (χ3n) is 4.56. The maximum atomic E-state index is 9.94. The number of ether oxygens (including phenoxy) is 2. The van der Waals surface area contributed by atoms with Gasteiger partial charge in [0.15, 0.2) is 11.6 Å². The van der Waals surface area contributed by atoms with Crippen molar-refractivity contribution in [1.29, 1.82) is 0 Å². The Morgan fingerprint density at radius 2 is 2.00 bits per heavy atom. The minimum absolute atomic E-state index is 0.224. The Balaban J connectivity index is 1.60. The van der Waals surface area contributed by atoms with E-state index in [-0.39, 0.29) is 6.61 Å². The van der Waals surface area contributed by atoms with Gasteiger partial charge in [0.1, 0.15) is 16.6 Å². The Bertz CT molecular complexity index is 1210. The second-order valence-electron chi connectivity index (χ2n) is 7.15. The lowest BCUT2D eigenvalue weighted by Crippen LogP contribution is -2.17. The molecule has 0 aliphatic rings. The molecule has 176 valence electrons. The maximum absolute atomic E-state index is 9.94. The van der Waals surface area contributed by atoms with Gasteiger partial charge in [-0.3, -0.25) is 4.98 Å². The molecule has 9 nitrogen and oxygen atoms in total. The van der Waals surface area contributed by atoms with E-state index in [2.05, 4.69) is 29.6 Å². The molecule has 0 spiro atoms. The molecular formula is C23H24N6O3S2. The van der Waals surface area contributed by atoms with E-state index < -0.39 is 6.10 Å². The third kappa shape index (κ3) is 6.48. The monoisotopic (exact) mass is 496 g/mol. The number of hydrogen-bond acceptors (Lipinski definition) is 11. The Morgan fingerprint density at radius 3 is 2.79 bits per heavy atom. The summed E-state index contributed by atoms with van der Waals surface area (Å²) in [6.45, 7) is 2.25. The second-order valence-corrected chi connectivity index (χ2v) is 8.99. The number of methoxy groups -OCH3 is 1. The number of rotatable bonds is 11. The van der Waals surface area contributed by atoms with Crippen molar-refractivity contribution >= 4 is 34.2 Å². The summed E-state index contributed by atoms with van der Waals surface area (Å²) in [4.78, 5) is 18.7. The lowest BCUT2D eigenvalue weighted by molar-refractivity contribution is 0.0640. The van der Waals surface area contributed by atoms with Gasteiger partial charge in [-0.15, -0.1) is 0 Å². The van der Waals surface area contributed by atoms with Gasteiger partial charge in [-0.25, -0.2) is 15.0 Å². The number of nitrogens with zero attached hydrogens (tertiary/aromatic N) is 5. The van der Waals surface area contributed by atoms with Crippen molar-refractivity contribution in [3.05, 3.63) is 66.5 Å². The molecule has 0 bridgehead atoms. The molecule has 0 aliphatic carbocycles. The number of aromatic nitrogens is 5. The van der Waals surface area contributed by atoms with E-state index in [1.807, 2.05) is 43.3 Å². The van der Waals surface area contributed by atoms with E-state index in [0.29, 0.717) is 34.7 Å². The first-order valence-electron chi connectivity index (χ1n) is 10.6. The van der Waals surface area contributed by atoms with Crippen molar-refractivity contribution < 1.29 is 14.6 Å². The van der Waals surface area contributed by atoms with Crippen molar-refractivity contribution in [2.24, 2.45) is 0 Å². The highest BCUT2D eigenvalue weighted by atomic mass is 32.2. The second kappa shape index (κ2) is 11.8. The van der Waals surface area contributed by atoms with Crippen LogP contribution in [0.25, 0.3) is 0 Å². The standard InChI is InChI=1S/C23H24N6O3S2/c1-3-17-18(7-6-10-24-17)32-19-12-16(33-21-8-4-5-9-25-21)13-26-22(19)28-23-27-20(29-34-23)11-15(30)14-31-2/h4-10,12-13,15,30H,3,11,14H2,1-2H3,(H,26,27,28,29)/t15-/m1/s1. The number of aliphatic hydroxyl groups excluding tert-OH is 1. The average molecular weight is 497 g/mol. The number of hydrogen-bond donors (Lipinski definition) is 2. The smallest absolute Gasteiger partial charge is 0.208 e. The van der Waals surface area contributed by atoms with E-state index in [1.54, 1.807) is 25.7 Å². The van der Waals surface area contributed by atoms with Gasteiger partial charge in [0.25, 0.3) is 0 Å². The van der Waals surface area contributed by atoms with Gasteiger partial charge in [0.2, 0.25) is 5.13 Å². The van der Waals surface area contributed by atoms with Crippen LogP contribution in [0.2, 0.25) is 0 Å². The minimum atomic E-state index is -0.662. The zero-order valence-corrected chi connectivity index (χ0v) is 20.3. The molecule has 0 aromatic carbocycles. The van der Waals surface area contributed by atoms with Gasteiger partial charge in [-0.1, -0.05) is 24.8 Å². The first-order valence-corrected chi connectivity index (χ1v) is 12.2. The molecule has 4 rings (SSSR count). The fourth-order valence-corrected chi connectivity index (χ4v) is 4.40. The summed E-state index contributed by atoms with van der Waals surface area (Å²) in [6.07, 6.45) is 5.63. The van der Waals surface area contributed by atoms with E-state index >= 15 is 0 Å². The van der Waals surface area contributed by atoms with Gasteiger partial charge in [-0.2, -0.15) is 4.37 Å². The first-order chi connectivity index (χ1) is 16.6. The molecule has 0 radical (unpaired) electrons. The Labute approximate surface area is 205 Å². The topological polar surface area (TPSA) is 115 Å². The number of pyridine rings is 3. The van der Waals surface area contributed by atoms with Crippen molar-refractivity contribution in [2.75, 3.05) is 19.0 Å². The summed E-state index contributed by atoms with van der Waals surface area (Å²) < 4.78 is 15.5. The third-order valence-corrected chi connectivity index (χ3v) is 6.14. The lowest BCUT2D eigenvalue weighted by Gasteiger charge is -2.14. The zero-order chi connectivity index (χ0) is 23.8. The molecule has 34 heavy (non-hydrogen) atoms. The van der Waals surface area contributed by atoms with Crippen molar-refractivity contribution in [2.45, 2.75) is 35.8 Å². The molecule has 4 heterocycles. The molecule has 0 fully saturated rings. The van der Waals surface area contributed by atoms with Crippen LogP contribution in [-0.2, 0) is 17.6 Å². The summed E-state index contributed by atoms with van der Waals surface area (Å²) in [5, 5.41) is 14.5. The van der Waals surface area contributed by atoms with Crippen LogP contribution in [0.15, 0.2) is 64.9 Å². The van der Waals surface area contributed by atoms with Crippen LogP contribution in [0, 0.1) is 0 Å². The SMILES string of the molecule is CCc1ncccc1Oc1cc(Sc2ccccn2)cnc1Nc1nc(C[C@@H](O)COC)ns1. The summed E-state index contributed by atoms with van der Waals surface area (Å²) in [6, 6.07) is 11.4. The average Bonchev–Trinajstić information content (AvgIpc) is 3.28. The summed E-state index contributed by atoms with van der Waals surface area (Å²) >= 11 is 2.68. The maximum Gasteiger partial charge on any atom is 0.208 e. The molecule has 0 saturated carbocycles. The Hall–Kier alpha value is -3.12. The van der Waals surface area contributed by atoms with Crippen LogP contribution in [0.1, 0.15) is 18.4 Å². The molecule has 4 aromatic rings. The number of aliphatic hydroxyl groups is 1. The fraction of sp³-hybridized carbons (Fsp3) is 0.261. The highest BCUT2D eigenvalue weighted by molar-refractivity contribution is 7.99. The van der Waals surface area contributed by atoms with Crippen LogP contribution in [0.5, 0.6) is 11.5 Å². The lowest BCUT2D eigenvalue weighted by atomic mass is 10.2. The van der Waals surface area contributed by atoms with Crippen molar-refractivity contribution in [1.82, 2.24) is 24.3 Å². The number of nitrogens with one attached hydrogen (secondary N) is 1. The van der Waals surface area contributed by atoms with E-state index in [1.165, 1.54) is 23.3 Å². The Kier molecular flexibility index (Phi) is 8.36. The highest BCUT2D eigenvalue weighted by Crippen LogP contribution is 2.36. The molecule has 0 amide bonds. The minimum Gasteiger partial charge on any atom is -0.452 e. The van der Waals surface area contributed by atoms with Crippen LogP contribution < -0.4 is 10.1 Å². The first kappa shape index (κ1) is 24.0. The summed E-state index contributed by atoms with van der Waals surface area (Å²) in [5.74, 6) is 2.22. The number of aryl methyl sites for hydroxylation is 1. The van der Waals surface area contributed by atoms with E-state index in [9.17, 15) is 5.11 Å². The van der Waals surface area contributed by atoms with Gasteiger partial charge < -0.3 is 19.9 Å².